The summed E-state index contributed by atoms with van der Waals surface area (Å²) in [7, 11) is 3.01. The van der Waals surface area contributed by atoms with Crippen LogP contribution in [0.5, 0.6) is 11.5 Å². The van der Waals surface area contributed by atoms with Gasteiger partial charge in [0.1, 0.15) is 11.5 Å². The van der Waals surface area contributed by atoms with Crippen LogP contribution in [-0.4, -0.2) is 24.4 Å². The number of alkyl halides is 3. The minimum Gasteiger partial charge on any atom is -0.497 e. The summed E-state index contributed by atoms with van der Waals surface area (Å²) in [5, 5.41) is 0. The number of thioether (sulfide) groups is 1. The van der Waals surface area contributed by atoms with Crippen molar-refractivity contribution in [1.82, 2.24) is 0 Å². The van der Waals surface area contributed by atoms with E-state index in [1.54, 1.807) is 24.3 Å². The summed E-state index contributed by atoms with van der Waals surface area (Å²) in [5.74, 6) is 0.585. The maximum Gasteiger partial charge on any atom is 0.416 e. The van der Waals surface area contributed by atoms with Crippen LogP contribution in [0, 0.1) is 0 Å². The Kier molecular flexibility index (Phi) is 5.66. The molecule has 0 atom stereocenters. The van der Waals surface area contributed by atoms with Crippen LogP contribution in [0.2, 0.25) is 0 Å². The number of ether oxygens (including phenoxy) is 2. The molecule has 0 N–H and O–H groups in total. The minimum absolute atomic E-state index is 0.0717. The number of benzene rings is 2. The largest absolute Gasteiger partial charge is 0.497 e. The lowest BCUT2D eigenvalue weighted by Gasteiger charge is -2.16. The van der Waals surface area contributed by atoms with Gasteiger partial charge in [-0.05, 0) is 36.4 Å². The Morgan fingerprint density at radius 2 is 1.86 bits per heavy atom. The van der Waals surface area contributed by atoms with Crippen LogP contribution in [0.15, 0.2) is 47.4 Å². The van der Waals surface area contributed by atoms with E-state index in [0.717, 1.165) is 28.8 Å². The number of thiocarbonyl (C=S) groups is 1. The van der Waals surface area contributed by atoms with Crippen molar-refractivity contribution in [3.05, 3.63) is 58.5 Å². The van der Waals surface area contributed by atoms with Gasteiger partial charge in [-0.15, -0.1) is 0 Å². The highest BCUT2D eigenvalue weighted by atomic mass is 32.2. The summed E-state index contributed by atoms with van der Waals surface area (Å²) in [6.07, 6.45) is -2.92. The summed E-state index contributed by atoms with van der Waals surface area (Å²) in [4.78, 5) is 14.2. The third kappa shape index (κ3) is 4.00. The van der Waals surface area contributed by atoms with Crippen LogP contribution in [0.1, 0.15) is 11.1 Å². The molecule has 3 rings (SSSR count). The fourth-order valence-electron chi connectivity index (χ4n) is 2.59. The number of carbonyl (C=O) groups excluding carboxylic acids is 1. The molecule has 4 nitrogen and oxygen atoms in total. The number of nitrogens with zero attached hydrogens (tertiary/aromatic N) is 1. The fraction of sp³-hybridized carbons (Fsp3) is 0.158. The Bertz CT molecular complexity index is 973. The van der Waals surface area contributed by atoms with Crippen molar-refractivity contribution in [2.45, 2.75) is 6.18 Å². The highest BCUT2D eigenvalue weighted by Crippen LogP contribution is 2.39. The Hall–Kier alpha value is -2.52. The van der Waals surface area contributed by atoms with Gasteiger partial charge in [0.05, 0.1) is 30.4 Å². The van der Waals surface area contributed by atoms with Gasteiger partial charge in [0.2, 0.25) is 0 Å². The van der Waals surface area contributed by atoms with E-state index < -0.39 is 17.6 Å². The second kappa shape index (κ2) is 7.84. The van der Waals surface area contributed by atoms with Crippen molar-refractivity contribution in [1.29, 1.82) is 0 Å². The molecule has 0 radical (unpaired) electrons. The summed E-state index contributed by atoms with van der Waals surface area (Å²) < 4.78 is 49.5. The molecule has 0 saturated carbocycles. The molecule has 0 unspecified atom stereocenters. The van der Waals surface area contributed by atoms with Crippen LogP contribution < -0.4 is 14.4 Å². The van der Waals surface area contributed by atoms with Crippen LogP contribution >= 0.6 is 24.0 Å². The standard InChI is InChI=1S/C19H14F3NO3S2/c1-25-14-7-6-11(15(10-14)26-2)8-16-17(24)23(18(27)28-16)13-5-3-4-12(9-13)19(20,21)22/h3-10H,1-2H3/b16-8+. The summed E-state index contributed by atoms with van der Waals surface area (Å²) in [6, 6.07) is 9.60. The number of halogens is 3. The number of carbonyl (C=O) groups is 1. The monoisotopic (exact) mass is 425 g/mol. The van der Waals surface area contributed by atoms with Gasteiger partial charge in [0.25, 0.3) is 5.91 Å². The van der Waals surface area contributed by atoms with Gasteiger partial charge in [-0.25, -0.2) is 0 Å². The third-order valence-electron chi connectivity index (χ3n) is 3.95. The van der Waals surface area contributed by atoms with Crippen LogP contribution in [0.4, 0.5) is 18.9 Å². The molecule has 28 heavy (non-hydrogen) atoms. The van der Waals surface area contributed by atoms with Crippen LogP contribution in [0.3, 0.4) is 0 Å². The first-order chi connectivity index (χ1) is 13.2. The highest BCUT2D eigenvalue weighted by molar-refractivity contribution is 8.27. The number of methoxy groups -OCH3 is 2. The maximum atomic E-state index is 13.0. The molecule has 1 aliphatic heterocycles. The van der Waals surface area contributed by atoms with E-state index in [2.05, 4.69) is 0 Å². The summed E-state index contributed by atoms with van der Waals surface area (Å²) >= 11 is 6.24. The predicted octanol–water partition coefficient (Wildman–Crippen LogP) is 5.13. The van der Waals surface area contributed by atoms with Crippen molar-refractivity contribution >= 4 is 46.0 Å². The first kappa shape index (κ1) is 20.2. The Labute approximate surface area is 168 Å². The average Bonchev–Trinajstić information content (AvgIpc) is 2.94. The molecule has 0 bridgehead atoms. The molecule has 0 spiro atoms. The van der Waals surface area contributed by atoms with E-state index in [1.165, 1.54) is 26.4 Å². The molecule has 1 aliphatic rings. The number of anilines is 1. The van der Waals surface area contributed by atoms with Gasteiger partial charge in [0.15, 0.2) is 4.32 Å². The predicted molar refractivity (Wildman–Crippen MR) is 107 cm³/mol. The lowest BCUT2D eigenvalue weighted by Crippen LogP contribution is -2.27. The van der Waals surface area contributed by atoms with E-state index >= 15 is 0 Å². The zero-order valence-corrected chi connectivity index (χ0v) is 16.4. The molecule has 1 amide bonds. The lowest BCUT2D eigenvalue weighted by atomic mass is 10.1. The Balaban J connectivity index is 1.96. The first-order valence-corrected chi connectivity index (χ1v) is 9.14. The molecule has 9 heteroatoms. The van der Waals surface area contributed by atoms with Crippen molar-refractivity contribution in [3.63, 3.8) is 0 Å². The third-order valence-corrected chi connectivity index (χ3v) is 5.25. The van der Waals surface area contributed by atoms with Gasteiger partial charge in [0, 0.05) is 11.6 Å². The molecule has 1 heterocycles. The molecular weight excluding hydrogens is 411 g/mol. The van der Waals surface area contributed by atoms with Crippen molar-refractivity contribution in [3.8, 4) is 11.5 Å². The number of hydrogen-bond acceptors (Lipinski definition) is 5. The Morgan fingerprint density at radius 3 is 2.50 bits per heavy atom. The van der Waals surface area contributed by atoms with Crippen molar-refractivity contribution in [2.75, 3.05) is 19.1 Å². The van der Waals surface area contributed by atoms with E-state index in [1.807, 2.05) is 0 Å². The zero-order chi connectivity index (χ0) is 20.5. The quantitative estimate of drug-likeness (QED) is 0.502. The normalized spacial score (nSPS) is 16.0. The topological polar surface area (TPSA) is 38.8 Å². The number of rotatable bonds is 4. The maximum absolute atomic E-state index is 13.0. The summed E-state index contributed by atoms with van der Waals surface area (Å²) in [6.45, 7) is 0. The van der Waals surface area contributed by atoms with Gasteiger partial charge >= 0.3 is 6.18 Å². The van der Waals surface area contributed by atoms with E-state index in [-0.39, 0.29) is 14.9 Å². The van der Waals surface area contributed by atoms with Gasteiger partial charge in [-0.1, -0.05) is 30.0 Å². The number of hydrogen-bond donors (Lipinski definition) is 0. The molecule has 2 aromatic rings. The first-order valence-electron chi connectivity index (χ1n) is 7.92. The average molecular weight is 425 g/mol. The molecule has 0 aliphatic carbocycles. The van der Waals surface area contributed by atoms with Gasteiger partial charge < -0.3 is 9.47 Å². The smallest absolute Gasteiger partial charge is 0.416 e. The SMILES string of the molecule is COc1ccc(/C=C2/SC(=S)N(c3cccc(C(F)(F)F)c3)C2=O)c(OC)c1. The zero-order valence-electron chi connectivity index (χ0n) is 14.7. The lowest BCUT2D eigenvalue weighted by molar-refractivity contribution is -0.137. The molecule has 2 aromatic carbocycles. The van der Waals surface area contributed by atoms with Crippen molar-refractivity contribution < 1.29 is 27.4 Å². The molecule has 146 valence electrons. The minimum atomic E-state index is -4.51. The van der Waals surface area contributed by atoms with Crippen LogP contribution in [0.25, 0.3) is 6.08 Å². The van der Waals surface area contributed by atoms with E-state index in [9.17, 15) is 18.0 Å². The van der Waals surface area contributed by atoms with Crippen LogP contribution in [-0.2, 0) is 11.0 Å². The van der Waals surface area contributed by atoms with Crippen molar-refractivity contribution in [2.24, 2.45) is 0 Å². The van der Waals surface area contributed by atoms with Gasteiger partial charge in [-0.2, -0.15) is 13.2 Å². The van der Waals surface area contributed by atoms with E-state index in [0.29, 0.717) is 17.1 Å². The second-order valence-electron chi connectivity index (χ2n) is 5.67. The molecule has 0 aromatic heterocycles. The van der Waals surface area contributed by atoms with Gasteiger partial charge in [-0.3, -0.25) is 9.69 Å². The fourth-order valence-corrected chi connectivity index (χ4v) is 3.88. The highest BCUT2D eigenvalue weighted by Gasteiger charge is 2.36. The molecule has 1 fully saturated rings. The molecule has 1 saturated heterocycles. The Morgan fingerprint density at radius 1 is 1.11 bits per heavy atom. The molecular formula is C19H14F3NO3S2. The number of amides is 1. The second-order valence-corrected chi connectivity index (χ2v) is 7.35. The summed E-state index contributed by atoms with van der Waals surface area (Å²) in [5.41, 5.74) is -0.157. The van der Waals surface area contributed by atoms with E-state index in [4.69, 9.17) is 21.7 Å².